The van der Waals surface area contributed by atoms with Gasteiger partial charge < -0.3 is 20.1 Å². The number of ether oxygens (including phenoxy) is 2. The molecule has 8 nitrogen and oxygen atoms in total. The maximum Gasteiger partial charge on any atom is 0.240 e. The van der Waals surface area contributed by atoms with Crippen LogP contribution in [-0.4, -0.2) is 35.6 Å². The molecular weight excluding hydrogens is 544 g/mol. The van der Waals surface area contributed by atoms with Gasteiger partial charge in [-0.3, -0.25) is 9.59 Å². The Hall–Kier alpha value is -3.63. The van der Waals surface area contributed by atoms with Crippen molar-refractivity contribution in [3.05, 3.63) is 88.4 Å². The quantitative estimate of drug-likeness (QED) is 0.281. The lowest BCUT2D eigenvalue weighted by molar-refractivity contribution is -0.122. The van der Waals surface area contributed by atoms with E-state index in [9.17, 15) is 9.59 Å². The van der Waals surface area contributed by atoms with Crippen LogP contribution in [0.25, 0.3) is 0 Å². The molecule has 4 rings (SSSR count). The molecule has 0 aliphatic carbocycles. The lowest BCUT2D eigenvalue weighted by Gasteiger charge is -2.11. The number of thioether (sulfide) groups is 1. The van der Waals surface area contributed by atoms with Gasteiger partial charge >= 0.3 is 0 Å². The topological polar surface area (TPSA) is 101 Å². The molecule has 1 fully saturated rings. The maximum absolute atomic E-state index is 12.3. The van der Waals surface area contributed by atoms with Crippen LogP contribution in [0.3, 0.4) is 0 Å². The Bertz CT molecular complexity index is 1280. The molecule has 0 radical (unpaired) electrons. The summed E-state index contributed by atoms with van der Waals surface area (Å²) in [4.78, 5) is 24.6. The van der Waals surface area contributed by atoms with E-state index in [1.165, 1.54) is 11.8 Å². The van der Waals surface area contributed by atoms with E-state index in [0.29, 0.717) is 29.0 Å². The maximum atomic E-state index is 12.3. The van der Waals surface area contributed by atoms with Crippen LogP contribution in [0.1, 0.15) is 17.5 Å². The highest BCUT2D eigenvalue weighted by atomic mass is 79.9. The van der Waals surface area contributed by atoms with Gasteiger partial charge in [0.1, 0.15) is 11.9 Å². The number of nitrogens with one attached hydrogen (secondary N) is 2. The van der Waals surface area contributed by atoms with Crippen LogP contribution in [0.5, 0.6) is 11.5 Å². The number of methoxy groups -OCH3 is 1. The van der Waals surface area contributed by atoms with Crippen molar-refractivity contribution >= 4 is 56.6 Å². The van der Waals surface area contributed by atoms with Gasteiger partial charge in [0.15, 0.2) is 16.7 Å². The first-order chi connectivity index (χ1) is 17.5. The minimum atomic E-state index is -0.574. The number of benzene rings is 3. The van der Waals surface area contributed by atoms with Crippen LogP contribution in [0.4, 0.5) is 5.69 Å². The van der Waals surface area contributed by atoms with Crippen LogP contribution in [0, 0.1) is 0 Å². The number of halogens is 1. The number of amidine groups is 1. The first-order valence-electron chi connectivity index (χ1n) is 11.0. The van der Waals surface area contributed by atoms with E-state index in [0.717, 1.165) is 15.6 Å². The summed E-state index contributed by atoms with van der Waals surface area (Å²) in [5.74, 6) is 0.661. The van der Waals surface area contributed by atoms with Gasteiger partial charge in [0.25, 0.3) is 0 Å². The Morgan fingerprint density at radius 1 is 1.11 bits per heavy atom. The van der Waals surface area contributed by atoms with E-state index in [1.807, 2.05) is 54.6 Å². The van der Waals surface area contributed by atoms with E-state index in [1.54, 1.807) is 31.5 Å². The number of hydrogen-bond donors (Lipinski definition) is 2. The Kier molecular flexibility index (Phi) is 8.75. The van der Waals surface area contributed by atoms with Crippen molar-refractivity contribution in [2.45, 2.75) is 18.3 Å². The third-order valence-electron chi connectivity index (χ3n) is 5.06. The molecule has 184 valence electrons. The first kappa shape index (κ1) is 25.5. The third kappa shape index (κ3) is 7.19. The van der Waals surface area contributed by atoms with E-state index in [2.05, 4.69) is 36.8 Å². The van der Waals surface area contributed by atoms with Crippen molar-refractivity contribution in [3.8, 4) is 11.5 Å². The molecule has 0 saturated carbocycles. The molecule has 0 aromatic heterocycles. The minimum absolute atomic E-state index is 0.0247. The molecule has 1 saturated heterocycles. The fourth-order valence-corrected chi connectivity index (χ4v) is 4.46. The number of anilines is 1. The van der Waals surface area contributed by atoms with E-state index in [4.69, 9.17) is 9.47 Å². The number of amides is 2. The van der Waals surface area contributed by atoms with Crippen LogP contribution in [0.15, 0.2) is 87.5 Å². The molecule has 10 heteroatoms. The van der Waals surface area contributed by atoms with Crippen molar-refractivity contribution in [2.75, 3.05) is 12.4 Å². The van der Waals surface area contributed by atoms with Crippen molar-refractivity contribution in [3.63, 3.8) is 0 Å². The summed E-state index contributed by atoms with van der Waals surface area (Å²) in [6.45, 7) is 0.428. The summed E-state index contributed by atoms with van der Waals surface area (Å²) in [5, 5.41) is 13.4. The smallest absolute Gasteiger partial charge is 0.240 e. The first-order valence-corrected chi connectivity index (χ1v) is 12.7. The van der Waals surface area contributed by atoms with Crippen molar-refractivity contribution in [1.29, 1.82) is 0 Å². The molecule has 0 bridgehead atoms. The Morgan fingerprint density at radius 3 is 2.64 bits per heavy atom. The zero-order valence-corrected chi connectivity index (χ0v) is 21.7. The fourth-order valence-electron chi connectivity index (χ4n) is 3.27. The minimum Gasteiger partial charge on any atom is -0.493 e. The number of nitrogens with zero attached hydrogens (tertiary/aromatic N) is 2. The zero-order valence-electron chi connectivity index (χ0n) is 19.3. The van der Waals surface area contributed by atoms with Crippen LogP contribution < -0.4 is 20.1 Å². The molecule has 0 unspecified atom stereocenters. The Labute approximate surface area is 221 Å². The predicted molar refractivity (Wildman–Crippen MR) is 146 cm³/mol. The number of hydrogen-bond acceptors (Lipinski definition) is 7. The molecule has 1 atom stereocenters. The highest BCUT2D eigenvalue weighted by Crippen LogP contribution is 2.28. The lowest BCUT2D eigenvalue weighted by Crippen LogP contribution is -2.28. The van der Waals surface area contributed by atoms with Gasteiger partial charge in [0.05, 0.1) is 13.3 Å². The molecule has 1 aliphatic heterocycles. The van der Waals surface area contributed by atoms with Gasteiger partial charge in [-0.05, 0) is 53.6 Å². The summed E-state index contributed by atoms with van der Waals surface area (Å²) in [7, 11) is 1.57. The van der Waals surface area contributed by atoms with Gasteiger partial charge in [-0.25, -0.2) is 0 Å². The lowest BCUT2D eigenvalue weighted by atomic mass is 10.2. The largest absolute Gasteiger partial charge is 0.493 e. The van der Waals surface area contributed by atoms with Gasteiger partial charge in [-0.1, -0.05) is 58.0 Å². The van der Waals surface area contributed by atoms with Crippen LogP contribution in [0.2, 0.25) is 0 Å². The van der Waals surface area contributed by atoms with Crippen molar-refractivity contribution in [1.82, 2.24) is 5.32 Å². The van der Waals surface area contributed by atoms with Gasteiger partial charge in [0.2, 0.25) is 11.8 Å². The number of rotatable bonds is 9. The second kappa shape index (κ2) is 12.4. The Balaban J connectivity index is 1.31. The van der Waals surface area contributed by atoms with Crippen molar-refractivity contribution < 1.29 is 19.1 Å². The highest BCUT2D eigenvalue weighted by Gasteiger charge is 2.32. The molecule has 3 aromatic rings. The second-order valence-corrected chi connectivity index (χ2v) is 9.80. The molecular formula is C26H23BrN4O4S. The van der Waals surface area contributed by atoms with Crippen LogP contribution in [-0.2, 0) is 16.2 Å². The van der Waals surface area contributed by atoms with Gasteiger partial charge in [-0.2, -0.15) is 5.10 Å². The highest BCUT2D eigenvalue weighted by molar-refractivity contribution is 9.10. The van der Waals surface area contributed by atoms with Gasteiger partial charge in [0, 0.05) is 16.6 Å². The predicted octanol–water partition coefficient (Wildman–Crippen LogP) is 4.99. The molecule has 1 aliphatic rings. The molecule has 3 aromatic carbocycles. The van der Waals surface area contributed by atoms with E-state index in [-0.39, 0.29) is 18.2 Å². The average molecular weight is 567 g/mol. The number of carbonyl (C=O) groups is 2. The van der Waals surface area contributed by atoms with Crippen molar-refractivity contribution in [2.24, 2.45) is 10.2 Å². The van der Waals surface area contributed by atoms with E-state index >= 15 is 0 Å². The molecule has 2 amide bonds. The molecule has 0 spiro atoms. The number of carbonyl (C=O) groups excluding carboxylic acids is 2. The third-order valence-corrected chi connectivity index (χ3v) is 6.66. The van der Waals surface area contributed by atoms with Crippen LogP contribution >= 0.6 is 27.7 Å². The molecule has 36 heavy (non-hydrogen) atoms. The standard InChI is InChI=1S/C26H23BrN4O4S/c1-34-22-13-18(7-12-21(22)35-16-17-5-3-2-4-6-17)15-28-31-26-30-25(33)23(36-26)14-24(32)29-20-10-8-19(27)9-11-20/h2-13,15,23H,14,16H2,1H3,(H,29,32)(H,30,31,33)/b28-15-/t23-/m1/s1. The molecule has 2 N–H and O–H groups in total. The van der Waals surface area contributed by atoms with Gasteiger partial charge in [-0.15, -0.1) is 5.10 Å². The summed E-state index contributed by atoms with van der Waals surface area (Å²) in [5.41, 5.74) is 2.47. The summed E-state index contributed by atoms with van der Waals surface area (Å²) < 4.78 is 12.2. The fraction of sp³-hybridized carbons (Fsp3) is 0.154. The Morgan fingerprint density at radius 2 is 1.89 bits per heavy atom. The van der Waals surface area contributed by atoms with E-state index < -0.39 is 5.25 Å². The zero-order chi connectivity index (χ0) is 25.3. The summed E-state index contributed by atoms with van der Waals surface area (Å²) in [6, 6.07) is 22.5. The summed E-state index contributed by atoms with van der Waals surface area (Å²) >= 11 is 4.52. The normalized spacial score (nSPS) is 16.2. The summed E-state index contributed by atoms with van der Waals surface area (Å²) in [6.07, 6.45) is 1.58. The average Bonchev–Trinajstić information content (AvgIpc) is 3.23. The molecule has 1 heterocycles. The SMILES string of the molecule is COc1cc(/C=N\N=C2/NC(=O)[C@@H](CC(=O)Nc3ccc(Br)cc3)S2)ccc1OCc1ccccc1. The monoisotopic (exact) mass is 566 g/mol. The second-order valence-electron chi connectivity index (χ2n) is 7.69.